The van der Waals surface area contributed by atoms with E-state index in [0.29, 0.717) is 18.8 Å². The first-order chi connectivity index (χ1) is 10.3. The van der Waals surface area contributed by atoms with E-state index in [1.165, 1.54) is 13.2 Å². The third-order valence-corrected chi connectivity index (χ3v) is 4.34. The number of carbonyl (C=O) groups is 1. The maximum absolute atomic E-state index is 11.3. The van der Waals surface area contributed by atoms with Crippen LogP contribution < -0.4 is 9.46 Å². The van der Waals surface area contributed by atoms with Crippen LogP contribution in [0.2, 0.25) is 0 Å². The van der Waals surface area contributed by atoms with Gasteiger partial charge in [0.15, 0.2) is 0 Å². The molecule has 1 atom stereocenters. The normalized spacial score (nSPS) is 19.3. The first-order valence-corrected chi connectivity index (χ1v) is 8.77. The zero-order chi connectivity index (χ0) is 16.3. The van der Waals surface area contributed by atoms with Crippen LogP contribution in [0.15, 0.2) is 18.2 Å². The average Bonchev–Trinajstić information content (AvgIpc) is 2.83. The highest BCUT2D eigenvalue weighted by Gasteiger charge is 2.25. The Morgan fingerprint density at radius 3 is 2.82 bits per heavy atom. The number of ether oxygens (including phenoxy) is 1. The quantitative estimate of drug-likeness (QED) is 0.790. The van der Waals surface area contributed by atoms with Gasteiger partial charge in [-0.2, -0.15) is 0 Å². The van der Waals surface area contributed by atoms with Crippen LogP contribution in [-0.4, -0.2) is 56.9 Å². The Morgan fingerprint density at radius 1 is 1.50 bits per heavy atom. The number of hydrogen-bond acceptors (Lipinski definition) is 5. The summed E-state index contributed by atoms with van der Waals surface area (Å²) >= 11 is 0. The Kier molecular flexibility index (Phi) is 5.05. The molecule has 2 N–H and O–H groups in total. The Labute approximate surface area is 129 Å². The van der Waals surface area contributed by atoms with Crippen molar-refractivity contribution in [2.45, 2.75) is 19.0 Å². The lowest BCUT2D eigenvalue weighted by molar-refractivity contribution is 0.0696. The van der Waals surface area contributed by atoms with Crippen molar-refractivity contribution >= 4 is 16.0 Å². The molecule has 0 spiro atoms. The maximum atomic E-state index is 11.3. The van der Waals surface area contributed by atoms with Crippen LogP contribution in [0.1, 0.15) is 22.3 Å². The molecular weight excluding hydrogens is 308 g/mol. The highest BCUT2D eigenvalue weighted by Crippen LogP contribution is 2.23. The number of rotatable bonds is 6. The highest BCUT2D eigenvalue weighted by atomic mass is 32.2. The van der Waals surface area contributed by atoms with Gasteiger partial charge < -0.3 is 9.84 Å². The number of carboxylic acids is 1. The SMILES string of the molecule is COc1ccc(C(=O)O)cc1CN1CCC(NS(C)(=O)=O)C1. The first kappa shape index (κ1) is 16.7. The van der Waals surface area contributed by atoms with E-state index >= 15 is 0 Å². The van der Waals surface area contributed by atoms with E-state index in [0.717, 1.165) is 24.8 Å². The number of aromatic carboxylic acids is 1. The van der Waals surface area contributed by atoms with Crippen LogP contribution in [-0.2, 0) is 16.6 Å². The number of benzene rings is 1. The fourth-order valence-corrected chi connectivity index (χ4v) is 3.45. The summed E-state index contributed by atoms with van der Waals surface area (Å²) in [5, 5.41) is 9.07. The van der Waals surface area contributed by atoms with Gasteiger partial charge in [0.25, 0.3) is 0 Å². The van der Waals surface area contributed by atoms with E-state index in [1.807, 2.05) is 0 Å². The zero-order valence-corrected chi connectivity index (χ0v) is 13.4. The summed E-state index contributed by atoms with van der Waals surface area (Å²) in [6.07, 6.45) is 1.88. The smallest absolute Gasteiger partial charge is 0.335 e. The van der Waals surface area contributed by atoms with Crippen LogP contribution in [0.25, 0.3) is 0 Å². The predicted molar refractivity (Wildman–Crippen MR) is 81.6 cm³/mol. The number of hydrogen-bond donors (Lipinski definition) is 2. The molecule has 1 fully saturated rings. The molecular formula is C14H20N2O5S. The van der Waals surface area contributed by atoms with Crippen molar-refractivity contribution in [3.05, 3.63) is 29.3 Å². The number of methoxy groups -OCH3 is 1. The number of nitrogens with one attached hydrogen (secondary N) is 1. The monoisotopic (exact) mass is 328 g/mol. The molecule has 22 heavy (non-hydrogen) atoms. The van der Waals surface area contributed by atoms with Crippen molar-refractivity contribution in [1.82, 2.24) is 9.62 Å². The van der Waals surface area contributed by atoms with E-state index in [2.05, 4.69) is 9.62 Å². The minimum Gasteiger partial charge on any atom is -0.496 e. The molecule has 1 unspecified atom stereocenters. The largest absolute Gasteiger partial charge is 0.496 e. The predicted octanol–water partition coefficient (Wildman–Crippen LogP) is 0.517. The molecule has 1 aromatic rings. The second kappa shape index (κ2) is 6.64. The van der Waals surface area contributed by atoms with Crippen molar-refractivity contribution in [1.29, 1.82) is 0 Å². The summed E-state index contributed by atoms with van der Waals surface area (Å²) in [6, 6.07) is 4.63. The molecule has 122 valence electrons. The van der Waals surface area contributed by atoms with Gasteiger partial charge in [0, 0.05) is 31.2 Å². The van der Waals surface area contributed by atoms with Gasteiger partial charge in [-0.05, 0) is 24.6 Å². The molecule has 0 radical (unpaired) electrons. The molecule has 2 rings (SSSR count). The van der Waals surface area contributed by atoms with Crippen molar-refractivity contribution in [3.63, 3.8) is 0 Å². The molecule has 1 saturated heterocycles. The van der Waals surface area contributed by atoms with Gasteiger partial charge in [-0.3, -0.25) is 4.90 Å². The second-order valence-corrected chi connectivity index (χ2v) is 7.22. The summed E-state index contributed by atoms with van der Waals surface area (Å²) in [7, 11) is -1.67. The Balaban J connectivity index is 2.08. The van der Waals surface area contributed by atoms with Crippen LogP contribution in [0.5, 0.6) is 5.75 Å². The Bertz CT molecular complexity index is 659. The molecule has 0 saturated carbocycles. The molecule has 1 aromatic carbocycles. The zero-order valence-electron chi connectivity index (χ0n) is 12.6. The molecule has 8 heteroatoms. The highest BCUT2D eigenvalue weighted by molar-refractivity contribution is 7.88. The van der Waals surface area contributed by atoms with Crippen LogP contribution in [0.3, 0.4) is 0 Å². The summed E-state index contributed by atoms with van der Waals surface area (Å²) in [5.74, 6) is -0.355. The van der Waals surface area contributed by atoms with Crippen molar-refractivity contribution in [3.8, 4) is 5.75 Å². The molecule has 1 heterocycles. The number of nitrogens with zero attached hydrogens (tertiary/aromatic N) is 1. The van der Waals surface area contributed by atoms with E-state index in [4.69, 9.17) is 9.84 Å². The summed E-state index contributed by atoms with van der Waals surface area (Å²) in [6.45, 7) is 1.85. The second-order valence-electron chi connectivity index (χ2n) is 5.44. The van der Waals surface area contributed by atoms with Gasteiger partial charge in [0.05, 0.1) is 18.9 Å². The first-order valence-electron chi connectivity index (χ1n) is 6.88. The maximum Gasteiger partial charge on any atom is 0.335 e. The molecule has 1 aliphatic rings. The standard InChI is InChI=1S/C14H20N2O5S/c1-21-13-4-3-10(14(17)18)7-11(13)8-16-6-5-12(9-16)15-22(2,19)20/h3-4,7,12,15H,5-6,8-9H2,1-2H3,(H,17,18). The van der Waals surface area contributed by atoms with Gasteiger partial charge >= 0.3 is 5.97 Å². The lowest BCUT2D eigenvalue weighted by atomic mass is 10.1. The summed E-state index contributed by atoms with van der Waals surface area (Å²) in [5.41, 5.74) is 0.989. The average molecular weight is 328 g/mol. The van der Waals surface area contributed by atoms with Crippen molar-refractivity contribution in [2.75, 3.05) is 26.5 Å². The third-order valence-electron chi connectivity index (χ3n) is 3.57. The van der Waals surface area contributed by atoms with Gasteiger partial charge in [-0.1, -0.05) is 0 Å². The molecule has 0 aliphatic carbocycles. The van der Waals surface area contributed by atoms with Gasteiger partial charge in [0.2, 0.25) is 10.0 Å². The van der Waals surface area contributed by atoms with Crippen LogP contribution in [0.4, 0.5) is 0 Å². The van der Waals surface area contributed by atoms with E-state index in [1.54, 1.807) is 12.1 Å². The van der Waals surface area contributed by atoms with Crippen LogP contribution >= 0.6 is 0 Å². The van der Waals surface area contributed by atoms with E-state index < -0.39 is 16.0 Å². The van der Waals surface area contributed by atoms with Crippen molar-refractivity contribution < 1.29 is 23.1 Å². The lowest BCUT2D eigenvalue weighted by Crippen LogP contribution is -2.36. The Morgan fingerprint density at radius 2 is 2.23 bits per heavy atom. The van der Waals surface area contributed by atoms with Gasteiger partial charge in [0.1, 0.15) is 5.75 Å². The number of likely N-dealkylation sites (tertiary alicyclic amines) is 1. The number of sulfonamides is 1. The number of carboxylic acid groups (broad SMARTS) is 1. The topological polar surface area (TPSA) is 95.9 Å². The fourth-order valence-electron chi connectivity index (χ4n) is 2.65. The molecule has 7 nitrogen and oxygen atoms in total. The van der Waals surface area contributed by atoms with E-state index in [9.17, 15) is 13.2 Å². The minimum absolute atomic E-state index is 0.108. The molecule has 0 bridgehead atoms. The molecule has 0 amide bonds. The minimum atomic E-state index is -3.21. The summed E-state index contributed by atoms with van der Waals surface area (Å²) in [4.78, 5) is 13.1. The fraction of sp³-hybridized carbons (Fsp3) is 0.500. The summed E-state index contributed by atoms with van der Waals surface area (Å²) < 4.78 is 30.4. The van der Waals surface area contributed by atoms with Crippen molar-refractivity contribution in [2.24, 2.45) is 0 Å². The van der Waals surface area contributed by atoms with E-state index in [-0.39, 0.29) is 11.6 Å². The third kappa shape index (κ3) is 4.43. The Hall–Kier alpha value is -1.64. The molecule has 0 aromatic heterocycles. The van der Waals surface area contributed by atoms with Gasteiger partial charge in [-0.15, -0.1) is 0 Å². The van der Waals surface area contributed by atoms with Crippen LogP contribution in [0, 0.1) is 0 Å². The lowest BCUT2D eigenvalue weighted by Gasteiger charge is -2.18. The van der Waals surface area contributed by atoms with Gasteiger partial charge in [-0.25, -0.2) is 17.9 Å². The molecule has 1 aliphatic heterocycles.